The van der Waals surface area contributed by atoms with Crippen LogP contribution in [0, 0.1) is 0 Å². The number of hydrogen-bond acceptors (Lipinski definition) is 4. The monoisotopic (exact) mass is 282 g/mol. The largest absolute Gasteiger partial charge is 0.478 e. The minimum atomic E-state index is -1.01. The van der Waals surface area contributed by atoms with Crippen molar-refractivity contribution in [2.24, 2.45) is 4.99 Å². The first-order valence-electron chi connectivity index (χ1n) is 6.33. The quantitative estimate of drug-likeness (QED) is 0.813. The summed E-state index contributed by atoms with van der Waals surface area (Å²) in [6, 6.07) is 0. The Bertz CT molecular complexity index is 459. The number of aliphatic carboxylic acids is 1. The minimum Gasteiger partial charge on any atom is -0.478 e. The normalized spacial score (nSPS) is 24.9. The van der Waals surface area contributed by atoms with Crippen molar-refractivity contribution in [3.63, 3.8) is 0 Å². The zero-order valence-corrected chi connectivity index (χ0v) is 11.5. The number of hydrogen-bond donors (Lipinski definition) is 2. The molecular weight excluding hydrogens is 266 g/mol. The maximum absolute atomic E-state index is 12.0. The molecule has 19 heavy (non-hydrogen) atoms. The molecule has 0 saturated carbocycles. The first-order chi connectivity index (χ1) is 9.11. The van der Waals surface area contributed by atoms with E-state index in [1.165, 1.54) is 11.8 Å². The Balaban J connectivity index is 2.05. The molecule has 2 rings (SSSR count). The molecule has 0 bridgehead atoms. The molecule has 2 N–H and O–H groups in total. The molecule has 0 spiro atoms. The standard InChI is InChI=1S/C12H16N3O3S/c1-2-4-9-14-15-12(19-9)13-10(16)7-5-3-6-8(7)11(17)18/h9,14H,2-6H2,1H3,(H,17,18). The van der Waals surface area contributed by atoms with Gasteiger partial charge >= 0.3 is 5.97 Å². The molecule has 1 unspecified atom stereocenters. The van der Waals surface area contributed by atoms with Gasteiger partial charge in [0.1, 0.15) is 0 Å². The van der Waals surface area contributed by atoms with Crippen LogP contribution < -0.4 is 10.9 Å². The van der Waals surface area contributed by atoms with Crippen molar-refractivity contribution in [2.75, 3.05) is 0 Å². The zero-order valence-electron chi connectivity index (χ0n) is 10.7. The van der Waals surface area contributed by atoms with Gasteiger partial charge in [0.25, 0.3) is 5.91 Å². The molecule has 1 aliphatic heterocycles. The maximum atomic E-state index is 12.0. The van der Waals surface area contributed by atoms with E-state index >= 15 is 0 Å². The summed E-state index contributed by atoms with van der Waals surface area (Å²) in [5.41, 5.74) is 7.43. The Morgan fingerprint density at radius 1 is 1.47 bits per heavy atom. The summed E-state index contributed by atoms with van der Waals surface area (Å²) < 4.78 is 0. The van der Waals surface area contributed by atoms with Gasteiger partial charge in [-0.25, -0.2) is 4.79 Å². The third kappa shape index (κ3) is 3.36. The van der Waals surface area contributed by atoms with Crippen LogP contribution >= 0.6 is 11.8 Å². The number of amides is 1. The van der Waals surface area contributed by atoms with Gasteiger partial charge < -0.3 is 5.11 Å². The van der Waals surface area contributed by atoms with Gasteiger partial charge in [-0.15, -0.1) is 0 Å². The Kier molecular flexibility index (Phi) is 4.60. The number of carbonyl (C=O) groups is 2. The van der Waals surface area contributed by atoms with Crippen molar-refractivity contribution in [1.29, 1.82) is 0 Å². The second kappa shape index (κ2) is 6.21. The van der Waals surface area contributed by atoms with Crippen LogP contribution in [0.25, 0.3) is 0 Å². The minimum absolute atomic E-state index is 0.160. The number of aliphatic imine (C=N–C) groups is 1. The van der Waals surface area contributed by atoms with E-state index in [2.05, 4.69) is 22.8 Å². The van der Waals surface area contributed by atoms with Crippen molar-refractivity contribution >= 4 is 28.8 Å². The highest BCUT2D eigenvalue weighted by molar-refractivity contribution is 8.14. The number of nitrogens with one attached hydrogen (secondary N) is 1. The average molecular weight is 282 g/mol. The zero-order chi connectivity index (χ0) is 13.8. The lowest BCUT2D eigenvalue weighted by Crippen LogP contribution is -2.25. The number of carbonyl (C=O) groups excluding carboxylic acids is 1. The Morgan fingerprint density at radius 2 is 2.21 bits per heavy atom. The molecule has 7 heteroatoms. The van der Waals surface area contributed by atoms with E-state index in [0.717, 1.165) is 12.8 Å². The van der Waals surface area contributed by atoms with Gasteiger partial charge in [-0.3, -0.25) is 4.79 Å². The molecule has 103 valence electrons. The molecule has 1 radical (unpaired) electrons. The highest BCUT2D eigenvalue weighted by Gasteiger charge is 2.27. The van der Waals surface area contributed by atoms with E-state index in [1.54, 1.807) is 0 Å². The highest BCUT2D eigenvalue weighted by atomic mass is 32.2. The lowest BCUT2D eigenvalue weighted by Gasteiger charge is -2.01. The van der Waals surface area contributed by atoms with Crippen LogP contribution in [0.1, 0.15) is 39.0 Å². The topological polar surface area (TPSA) is 92.9 Å². The molecule has 1 fully saturated rings. The second-order valence-electron chi connectivity index (χ2n) is 4.45. The molecule has 0 aromatic rings. The Hall–Kier alpha value is -1.34. The molecule has 6 nitrogen and oxygen atoms in total. The van der Waals surface area contributed by atoms with E-state index < -0.39 is 11.9 Å². The third-order valence-electron chi connectivity index (χ3n) is 3.03. The van der Waals surface area contributed by atoms with Gasteiger partial charge in [-0.05, 0) is 25.7 Å². The fourth-order valence-corrected chi connectivity index (χ4v) is 3.07. The van der Waals surface area contributed by atoms with Crippen LogP contribution in [0.15, 0.2) is 16.1 Å². The third-order valence-corrected chi connectivity index (χ3v) is 4.05. The molecule has 0 aromatic heterocycles. The number of carboxylic acids is 1. The SMILES string of the molecule is CCCC1N[N]C(=NC(=O)C2=C(C(=O)O)CCC2)S1. The summed E-state index contributed by atoms with van der Waals surface area (Å²) in [4.78, 5) is 26.9. The van der Waals surface area contributed by atoms with Gasteiger partial charge in [-0.2, -0.15) is 15.8 Å². The fourth-order valence-electron chi connectivity index (χ4n) is 2.11. The highest BCUT2D eigenvalue weighted by Crippen LogP contribution is 2.28. The van der Waals surface area contributed by atoms with Crippen LogP contribution in [0.5, 0.6) is 0 Å². The summed E-state index contributed by atoms with van der Waals surface area (Å²) in [6.45, 7) is 2.07. The molecule has 1 heterocycles. The molecular formula is C12H16N3O3S. The van der Waals surface area contributed by atoms with Gasteiger partial charge in [0.05, 0.1) is 5.37 Å². The molecule has 0 aromatic carbocycles. The summed E-state index contributed by atoms with van der Waals surface area (Å²) in [5.74, 6) is -1.47. The smallest absolute Gasteiger partial charge is 0.332 e. The summed E-state index contributed by atoms with van der Waals surface area (Å²) in [7, 11) is 0. The van der Waals surface area contributed by atoms with Crippen molar-refractivity contribution in [1.82, 2.24) is 10.9 Å². The average Bonchev–Trinajstić information content (AvgIpc) is 2.98. The summed E-state index contributed by atoms with van der Waals surface area (Å²) >= 11 is 1.41. The van der Waals surface area contributed by atoms with Crippen molar-refractivity contribution < 1.29 is 14.7 Å². The lowest BCUT2D eigenvalue weighted by atomic mass is 10.1. The van der Waals surface area contributed by atoms with Gasteiger partial charge in [0.15, 0.2) is 0 Å². The van der Waals surface area contributed by atoms with Crippen LogP contribution in [0.3, 0.4) is 0 Å². The van der Waals surface area contributed by atoms with Gasteiger partial charge in [-0.1, -0.05) is 25.1 Å². The Labute approximate surface area is 115 Å². The molecule has 1 aliphatic carbocycles. The van der Waals surface area contributed by atoms with Gasteiger partial charge in [0.2, 0.25) is 5.17 Å². The van der Waals surface area contributed by atoms with Crippen molar-refractivity contribution in [3.05, 3.63) is 11.1 Å². The maximum Gasteiger partial charge on any atom is 0.332 e. The van der Waals surface area contributed by atoms with Crippen molar-refractivity contribution in [2.45, 2.75) is 44.4 Å². The van der Waals surface area contributed by atoms with E-state index in [1.807, 2.05) is 0 Å². The molecule has 1 amide bonds. The number of thioether (sulfide) groups is 1. The summed E-state index contributed by atoms with van der Waals surface area (Å²) in [6.07, 6.45) is 3.62. The Morgan fingerprint density at radius 3 is 2.89 bits per heavy atom. The van der Waals surface area contributed by atoms with E-state index in [9.17, 15) is 9.59 Å². The van der Waals surface area contributed by atoms with Crippen LogP contribution in [-0.2, 0) is 9.59 Å². The van der Waals surface area contributed by atoms with Crippen molar-refractivity contribution in [3.8, 4) is 0 Å². The predicted octanol–water partition coefficient (Wildman–Crippen LogP) is 1.42. The van der Waals surface area contributed by atoms with Crippen LogP contribution in [0.4, 0.5) is 0 Å². The lowest BCUT2D eigenvalue weighted by molar-refractivity contribution is -0.133. The van der Waals surface area contributed by atoms with Crippen LogP contribution in [-0.4, -0.2) is 27.5 Å². The summed E-state index contributed by atoms with van der Waals surface area (Å²) in [5, 5.41) is 9.56. The first-order valence-corrected chi connectivity index (χ1v) is 7.21. The van der Waals surface area contributed by atoms with Gasteiger partial charge in [0, 0.05) is 11.1 Å². The van der Waals surface area contributed by atoms with E-state index in [0.29, 0.717) is 30.0 Å². The predicted molar refractivity (Wildman–Crippen MR) is 72.5 cm³/mol. The molecule has 2 aliphatic rings. The van der Waals surface area contributed by atoms with E-state index in [-0.39, 0.29) is 10.9 Å². The fraction of sp³-hybridized carbons (Fsp3) is 0.583. The second-order valence-corrected chi connectivity index (χ2v) is 5.62. The van der Waals surface area contributed by atoms with Crippen LogP contribution in [0.2, 0.25) is 0 Å². The van der Waals surface area contributed by atoms with E-state index in [4.69, 9.17) is 5.11 Å². The molecule has 1 atom stereocenters. The molecule has 1 saturated heterocycles. The number of carboxylic acid groups (broad SMARTS) is 1. The number of amidine groups is 1. The number of rotatable bonds is 4. The number of nitrogens with zero attached hydrogens (tertiary/aromatic N) is 2. The first kappa shape index (κ1) is 14.1.